The zero-order valence-electron chi connectivity index (χ0n) is 27.5. The van der Waals surface area contributed by atoms with Gasteiger partial charge in [-0.15, -0.1) is 0 Å². The number of nitrogens with zero attached hydrogens (tertiary/aromatic N) is 2. The maximum absolute atomic E-state index is 4.26. The number of hydrogen-bond acceptors (Lipinski definition) is 0. The van der Waals surface area contributed by atoms with Gasteiger partial charge in [-0.1, -0.05) is 97.3 Å². The molecule has 0 fully saturated rings. The third-order valence-electron chi connectivity index (χ3n) is 9.64. The number of rotatable bonds is 9. The fourth-order valence-electron chi connectivity index (χ4n) is 7.23. The first-order valence-corrected chi connectivity index (χ1v) is 18.3. The lowest BCUT2D eigenvalue weighted by Gasteiger charge is -2.11. The van der Waals surface area contributed by atoms with E-state index in [4.69, 9.17) is 0 Å². The van der Waals surface area contributed by atoms with Crippen LogP contribution in [0.5, 0.6) is 0 Å². The lowest BCUT2D eigenvalue weighted by atomic mass is 10.1. The minimum absolute atomic E-state index is 0.0737. The van der Waals surface area contributed by atoms with Crippen molar-refractivity contribution >= 4 is 56.4 Å². The van der Waals surface area contributed by atoms with Crippen molar-refractivity contribution in [3.8, 4) is 5.69 Å². The Morgan fingerprint density at radius 2 is 1.73 bits per heavy atom. The molecule has 2 heterocycles. The number of para-hydroxylation sites is 2. The molecule has 48 heavy (non-hydrogen) atoms. The van der Waals surface area contributed by atoms with Crippen molar-refractivity contribution in [2.24, 2.45) is 0 Å². The Bertz CT molecular complexity index is 2460. The van der Waals surface area contributed by atoms with Crippen LogP contribution in [0.15, 0.2) is 150 Å². The van der Waals surface area contributed by atoms with Crippen LogP contribution in [0, 0.1) is 0 Å². The molecule has 0 aliphatic heterocycles. The van der Waals surface area contributed by atoms with Crippen LogP contribution in [0.4, 0.5) is 0 Å². The minimum atomic E-state index is 0.0737. The summed E-state index contributed by atoms with van der Waals surface area (Å²) in [6.07, 6.45) is 25.2. The first kappa shape index (κ1) is 30.0. The highest BCUT2D eigenvalue weighted by atomic mass is 32.2. The van der Waals surface area contributed by atoms with Crippen molar-refractivity contribution in [1.82, 2.24) is 9.13 Å². The highest BCUT2D eigenvalue weighted by Gasteiger charge is 2.26. The van der Waals surface area contributed by atoms with E-state index in [0.717, 1.165) is 30.3 Å². The summed E-state index contributed by atoms with van der Waals surface area (Å²) in [5, 5.41) is 6.03. The van der Waals surface area contributed by atoms with Gasteiger partial charge in [0.2, 0.25) is 0 Å². The molecule has 1 atom stereocenters. The summed E-state index contributed by atoms with van der Waals surface area (Å²) in [7, 11) is 0.0737. The highest BCUT2D eigenvalue weighted by Crippen LogP contribution is 2.39. The molecule has 5 aromatic rings. The van der Waals surface area contributed by atoms with Crippen LogP contribution in [0.25, 0.3) is 46.2 Å². The predicted molar refractivity (Wildman–Crippen MR) is 209 cm³/mol. The van der Waals surface area contributed by atoms with Gasteiger partial charge >= 0.3 is 0 Å². The lowest BCUT2D eigenvalue weighted by Crippen LogP contribution is -2.27. The Balaban J connectivity index is 1.14. The molecule has 3 aliphatic carbocycles. The Morgan fingerprint density at radius 1 is 0.958 bits per heavy atom. The van der Waals surface area contributed by atoms with Gasteiger partial charge in [-0.05, 0) is 103 Å². The van der Waals surface area contributed by atoms with Crippen LogP contribution in [0.2, 0.25) is 0 Å². The second kappa shape index (κ2) is 12.7. The third kappa shape index (κ3) is 5.22. The predicted octanol–water partition coefficient (Wildman–Crippen LogP) is 9.42. The zero-order chi connectivity index (χ0) is 32.6. The molecule has 1 unspecified atom stereocenters. The largest absolute Gasteiger partial charge is 0.313 e. The minimum Gasteiger partial charge on any atom is -0.313 e. The Kier molecular flexibility index (Phi) is 7.94. The van der Waals surface area contributed by atoms with Gasteiger partial charge in [0.05, 0.1) is 16.6 Å². The molecule has 2 nitrogen and oxygen atoms in total. The maximum Gasteiger partial charge on any atom is 0.0974 e. The molecular formula is C45H38N2S. The van der Waals surface area contributed by atoms with E-state index in [9.17, 15) is 0 Å². The van der Waals surface area contributed by atoms with Gasteiger partial charge in [0, 0.05) is 50.1 Å². The highest BCUT2D eigenvalue weighted by molar-refractivity contribution is 8.14. The SMILES string of the molecule is C=C/C(=C\CC(/C=C\C=S(/C)c1ccccc1)=C/C)n1c2c(c3c1=C=C(C1=Cc4c(n(-c5ccccc5)c5ccccc45)C1)C=3)CC=C2. The van der Waals surface area contributed by atoms with Gasteiger partial charge in [-0.2, -0.15) is 10.5 Å². The van der Waals surface area contributed by atoms with Gasteiger partial charge in [0.25, 0.3) is 0 Å². The summed E-state index contributed by atoms with van der Waals surface area (Å²) >= 11 is 0. The van der Waals surface area contributed by atoms with Crippen molar-refractivity contribution in [1.29, 1.82) is 0 Å². The monoisotopic (exact) mass is 638 g/mol. The van der Waals surface area contributed by atoms with E-state index in [1.54, 1.807) is 0 Å². The summed E-state index contributed by atoms with van der Waals surface area (Å²) < 4.78 is 4.81. The number of allylic oxidation sites excluding steroid dienone is 10. The van der Waals surface area contributed by atoms with Crippen LogP contribution < -0.4 is 10.6 Å². The van der Waals surface area contributed by atoms with E-state index in [2.05, 4.69) is 174 Å². The summed E-state index contributed by atoms with van der Waals surface area (Å²) in [5.74, 6) is 0. The van der Waals surface area contributed by atoms with Gasteiger partial charge in [0.1, 0.15) is 0 Å². The molecule has 0 bridgehead atoms. The van der Waals surface area contributed by atoms with Crippen LogP contribution in [0.3, 0.4) is 0 Å². The second-order valence-electron chi connectivity index (χ2n) is 12.4. The van der Waals surface area contributed by atoms with Crippen LogP contribution in [-0.4, -0.2) is 20.8 Å². The fraction of sp³-hybridized carbons (Fsp3) is 0.111. The Labute approximate surface area is 285 Å². The normalized spacial score (nSPS) is 15.7. The molecule has 0 radical (unpaired) electrons. The molecular weight excluding hydrogens is 601 g/mol. The van der Waals surface area contributed by atoms with Crippen molar-refractivity contribution in [3.63, 3.8) is 0 Å². The van der Waals surface area contributed by atoms with Gasteiger partial charge < -0.3 is 9.13 Å². The summed E-state index contributed by atoms with van der Waals surface area (Å²) in [6.45, 7) is 6.38. The van der Waals surface area contributed by atoms with Crippen molar-refractivity contribution in [3.05, 3.63) is 178 Å². The van der Waals surface area contributed by atoms with E-state index in [1.807, 2.05) is 6.08 Å². The van der Waals surface area contributed by atoms with Crippen molar-refractivity contribution in [2.45, 2.75) is 31.1 Å². The van der Waals surface area contributed by atoms with Crippen molar-refractivity contribution < 1.29 is 0 Å². The topological polar surface area (TPSA) is 9.86 Å². The lowest BCUT2D eigenvalue weighted by molar-refractivity contribution is 0.998. The fourth-order valence-corrected chi connectivity index (χ4v) is 8.29. The van der Waals surface area contributed by atoms with Crippen LogP contribution in [0.1, 0.15) is 35.9 Å². The molecule has 0 amide bonds. The summed E-state index contributed by atoms with van der Waals surface area (Å²) in [6, 6.07) is 30.2. The molecule has 3 aromatic carbocycles. The summed E-state index contributed by atoms with van der Waals surface area (Å²) in [5.41, 5.74) is 16.5. The number of hydrogen-bond donors (Lipinski definition) is 0. The zero-order valence-corrected chi connectivity index (χ0v) is 28.3. The summed E-state index contributed by atoms with van der Waals surface area (Å²) in [4.78, 5) is 1.36. The molecule has 3 aliphatic rings. The molecule has 8 rings (SSSR count). The number of benzene rings is 3. The molecule has 0 saturated carbocycles. The van der Waals surface area contributed by atoms with Crippen molar-refractivity contribution in [2.75, 3.05) is 6.26 Å². The number of aromatic nitrogens is 2. The molecule has 0 N–H and O–H groups in total. The van der Waals surface area contributed by atoms with Crippen LogP contribution in [-0.2, 0) is 12.8 Å². The first-order chi connectivity index (χ1) is 23.6. The standard InChI is InChI=1S/C45H38N2S/c1-4-32(16-15-27-48(3)37-19-10-7-11-20-37)25-26-35(5-2)46-43-24-14-22-39(43)41-29-33(30-44(41)46)34-28-40-38-21-12-13-23-42(38)47(45(40)31-34)36-17-8-6-9-18-36/h4-21,23-24,26-29H,2,22,25,31H2,1,3H3/b16-15-,32-4+,35-26+. The molecule has 234 valence electrons. The Hall–Kier alpha value is -5.34. The molecule has 0 spiro atoms. The second-order valence-corrected chi connectivity index (χ2v) is 14.3. The smallest absolute Gasteiger partial charge is 0.0974 e. The quantitative estimate of drug-likeness (QED) is 0.0865. The third-order valence-corrected chi connectivity index (χ3v) is 11.2. The Morgan fingerprint density at radius 3 is 2.52 bits per heavy atom. The van der Waals surface area contributed by atoms with E-state index in [0.29, 0.717) is 0 Å². The van der Waals surface area contributed by atoms with E-state index < -0.39 is 0 Å². The molecule has 2 aromatic heterocycles. The van der Waals surface area contributed by atoms with E-state index in [-0.39, 0.29) is 10.5 Å². The van der Waals surface area contributed by atoms with E-state index >= 15 is 0 Å². The molecule has 3 heteroatoms. The van der Waals surface area contributed by atoms with Gasteiger partial charge in [-0.3, -0.25) is 0 Å². The van der Waals surface area contributed by atoms with Crippen LogP contribution >= 0.6 is 10.5 Å². The maximum atomic E-state index is 4.26. The van der Waals surface area contributed by atoms with Gasteiger partial charge in [-0.25, -0.2) is 0 Å². The first-order valence-electron chi connectivity index (χ1n) is 16.7. The average molecular weight is 639 g/mol. The average Bonchev–Trinajstić information content (AvgIpc) is 3.95. The molecule has 0 saturated heterocycles. The number of fused-ring (bicyclic) bond motifs is 6. The van der Waals surface area contributed by atoms with E-state index in [1.165, 1.54) is 65.9 Å². The van der Waals surface area contributed by atoms with Gasteiger partial charge in [0.15, 0.2) is 0 Å².